The number of rotatable bonds is 7. The number of nitrogens with zero attached hydrogens (tertiary/aromatic N) is 1. The van der Waals surface area contributed by atoms with Gasteiger partial charge < -0.3 is 11.1 Å². The van der Waals surface area contributed by atoms with Crippen LogP contribution in [0.1, 0.15) is 30.4 Å². The van der Waals surface area contributed by atoms with Crippen LogP contribution < -0.4 is 11.1 Å². The second-order valence-electron chi connectivity index (χ2n) is 3.90. The van der Waals surface area contributed by atoms with E-state index in [2.05, 4.69) is 17.2 Å². The highest BCUT2D eigenvalue weighted by Crippen LogP contribution is 2.04. The van der Waals surface area contributed by atoms with Gasteiger partial charge in [0.05, 0.1) is 0 Å². The molecule has 88 valence electrons. The van der Waals surface area contributed by atoms with Gasteiger partial charge in [-0.2, -0.15) is 0 Å². The molecule has 0 fully saturated rings. The number of primary amides is 1. The van der Waals surface area contributed by atoms with Crippen molar-refractivity contribution in [2.45, 2.75) is 32.7 Å². The van der Waals surface area contributed by atoms with E-state index in [0.717, 1.165) is 25.9 Å². The fourth-order valence-electron chi connectivity index (χ4n) is 1.45. The van der Waals surface area contributed by atoms with Crippen LogP contribution in [0.3, 0.4) is 0 Å². The fourth-order valence-corrected chi connectivity index (χ4v) is 1.45. The van der Waals surface area contributed by atoms with Gasteiger partial charge in [0.25, 0.3) is 0 Å². The number of nitrogens with two attached hydrogens (primary N) is 1. The molecule has 0 aliphatic carbocycles. The zero-order valence-corrected chi connectivity index (χ0v) is 9.70. The molecule has 3 N–H and O–H groups in total. The Morgan fingerprint density at radius 3 is 3.00 bits per heavy atom. The van der Waals surface area contributed by atoms with Crippen molar-refractivity contribution < 1.29 is 4.79 Å². The Morgan fingerprint density at radius 1 is 1.50 bits per heavy atom. The van der Waals surface area contributed by atoms with E-state index in [9.17, 15) is 4.79 Å². The molecule has 0 aliphatic heterocycles. The highest BCUT2D eigenvalue weighted by molar-refractivity contribution is 5.73. The van der Waals surface area contributed by atoms with Crippen LogP contribution in [0.5, 0.6) is 0 Å². The Bertz CT molecular complexity index is 339. The molecular weight excluding hydrogens is 202 g/mol. The topological polar surface area (TPSA) is 68.0 Å². The van der Waals surface area contributed by atoms with Crippen molar-refractivity contribution in [3.8, 4) is 0 Å². The fraction of sp³-hybridized carbons (Fsp3) is 0.500. The van der Waals surface area contributed by atoms with Crippen molar-refractivity contribution in [1.82, 2.24) is 10.3 Å². The second kappa shape index (κ2) is 6.95. The lowest BCUT2D eigenvalue weighted by Crippen LogP contribution is -2.16. The molecule has 0 bridgehead atoms. The maximum Gasteiger partial charge on any atom is 0.217 e. The third kappa shape index (κ3) is 4.89. The number of carbonyl (C=O) groups is 1. The molecule has 1 aromatic heterocycles. The average Bonchev–Trinajstić information content (AvgIpc) is 2.25. The standard InChI is InChI=1S/C12H19N3O/c1-10-5-7-15-9-11(10)8-14-6-3-2-4-12(13)16/h5,7,9,14H,2-4,6,8H2,1H3,(H2,13,16). The number of unbranched alkanes of at least 4 members (excludes halogenated alkanes) is 1. The van der Waals surface area contributed by atoms with E-state index in [1.54, 1.807) is 6.20 Å². The van der Waals surface area contributed by atoms with Crippen LogP contribution in [0.4, 0.5) is 0 Å². The van der Waals surface area contributed by atoms with E-state index in [0.29, 0.717) is 6.42 Å². The average molecular weight is 221 g/mol. The number of hydrogen-bond donors (Lipinski definition) is 2. The normalized spacial score (nSPS) is 10.3. The van der Waals surface area contributed by atoms with Crippen LogP contribution in [-0.4, -0.2) is 17.4 Å². The molecule has 4 heteroatoms. The van der Waals surface area contributed by atoms with Crippen molar-refractivity contribution in [3.63, 3.8) is 0 Å². The molecule has 0 saturated heterocycles. The molecule has 0 spiro atoms. The van der Waals surface area contributed by atoms with Crippen LogP contribution in [0, 0.1) is 6.92 Å². The van der Waals surface area contributed by atoms with Crippen LogP contribution in [0.15, 0.2) is 18.5 Å². The van der Waals surface area contributed by atoms with Crippen LogP contribution in [0.25, 0.3) is 0 Å². The second-order valence-corrected chi connectivity index (χ2v) is 3.90. The van der Waals surface area contributed by atoms with E-state index < -0.39 is 0 Å². The molecule has 16 heavy (non-hydrogen) atoms. The SMILES string of the molecule is Cc1ccncc1CNCCCCC(N)=O. The molecule has 4 nitrogen and oxygen atoms in total. The van der Waals surface area contributed by atoms with Gasteiger partial charge in [-0.1, -0.05) is 0 Å². The lowest BCUT2D eigenvalue weighted by atomic mass is 10.1. The van der Waals surface area contributed by atoms with Gasteiger partial charge >= 0.3 is 0 Å². The van der Waals surface area contributed by atoms with Gasteiger partial charge in [-0.25, -0.2) is 0 Å². The van der Waals surface area contributed by atoms with Crippen molar-refractivity contribution in [2.75, 3.05) is 6.54 Å². The Morgan fingerprint density at radius 2 is 2.31 bits per heavy atom. The number of amides is 1. The Kier molecular flexibility index (Phi) is 5.50. The van der Waals surface area contributed by atoms with Gasteiger partial charge in [0.1, 0.15) is 0 Å². The lowest BCUT2D eigenvalue weighted by molar-refractivity contribution is -0.118. The molecule has 0 atom stereocenters. The monoisotopic (exact) mass is 221 g/mol. The minimum absolute atomic E-state index is 0.219. The number of aryl methyl sites for hydroxylation is 1. The maximum atomic E-state index is 10.5. The zero-order valence-electron chi connectivity index (χ0n) is 9.70. The summed E-state index contributed by atoms with van der Waals surface area (Å²) in [4.78, 5) is 14.6. The Balaban J connectivity index is 2.12. The lowest BCUT2D eigenvalue weighted by Gasteiger charge is -2.06. The molecule has 0 saturated carbocycles. The molecule has 1 aromatic rings. The third-order valence-electron chi connectivity index (χ3n) is 2.49. The predicted octanol–water partition coefficient (Wildman–Crippen LogP) is 1.14. The summed E-state index contributed by atoms with van der Waals surface area (Å²) in [7, 11) is 0. The van der Waals surface area contributed by atoms with Gasteiger partial charge in [-0.3, -0.25) is 9.78 Å². The molecule has 1 rings (SSSR count). The van der Waals surface area contributed by atoms with Crippen LogP contribution in [0.2, 0.25) is 0 Å². The Hall–Kier alpha value is -1.42. The van der Waals surface area contributed by atoms with Gasteiger partial charge in [-0.05, 0) is 43.5 Å². The van der Waals surface area contributed by atoms with E-state index >= 15 is 0 Å². The Labute approximate surface area is 96.3 Å². The number of hydrogen-bond acceptors (Lipinski definition) is 3. The maximum absolute atomic E-state index is 10.5. The van der Waals surface area contributed by atoms with Crippen molar-refractivity contribution in [1.29, 1.82) is 0 Å². The number of aromatic nitrogens is 1. The summed E-state index contributed by atoms with van der Waals surface area (Å²) in [6.07, 6.45) is 5.99. The predicted molar refractivity (Wildman–Crippen MR) is 63.7 cm³/mol. The molecule has 0 radical (unpaired) electrons. The third-order valence-corrected chi connectivity index (χ3v) is 2.49. The minimum atomic E-state index is -0.219. The first kappa shape index (κ1) is 12.6. The number of nitrogens with one attached hydrogen (secondary N) is 1. The molecular formula is C12H19N3O. The quantitative estimate of drug-likeness (QED) is 0.678. The summed E-state index contributed by atoms with van der Waals surface area (Å²) in [6, 6.07) is 2.00. The first-order chi connectivity index (χ1) is 7.70. The van der Waals surface area contributed by atoms with Gasteiger partial charge in [-0.15, -0.1) is 0 Å². The summed E-state index contributed by atoms with van der Waals surface area (Å²) in [5.41, 5.74) is 7.52. The van der Waals surface area contributed by atoms with E-state index in [4.69, 9.17) is 5.73 Å². The molecule has 0 unspecified atom stereocenters. The molecule has 0 aromatic carbocycles. The van der Waals surface area contributed by atoms with E-state index in [1.165, 1.54) is 11.1 Å². The van der Waals surface area contributed by atoms with Gasteiger partial charge in [0, 0.05) is 25.4 Å². The van der Waals surface area contributed by atoms with Crippen molar-refractivity contribution >= 4 is 5.91 Å². The van der Waals surface area contributed by atoms with Gasteiger partial charge in [0.2, 0.25) is 5.91 Å². The number of carbonyl (C=O) groups excluding carboxylic acids is 1. The summed E-state index contributed by atoms with van der Waals surface area (Å²) in [5, 5.41) is 3.32. The molecule has 1 amide bonds. The molecule has 0 aliphatic rings. The summed E-state index contributed by atoms with van der Waals surface area (Å²) >= 11 is 0. The van der Waals surface area contributed by atoms with E-state index in [1.807, 2.05) is 12.3 Å². The largest absolute Gasteiger partial charge is 0.370 e. The van der Waals surface area contributed by atoms with E-state index in [-0.39, 0.29) is 5.91 Å². The molecule has 1 heterocycles. The zero-order chi connectivity index (χ0) is 11.8. The number of pyridine rings is 1. The van der Waals surface area contributed by atoms with Crippen molar-refractivity contribution in [3.05, 3.63) is 29.6 Å². The summed E-state index contributed by atoms with van der Waals surface area (Å²) in [6.45, 7) is 3.81. The van der Waals surface area contributed by atoms with Gasteiger partial charge in [0.15, 0.2) is 0 Å². The highest BCUT2D eigenvalue weighted by atomic mass is 16.1. The van der Waals surface area contributed by atoms with Crippen LogP contribution >= 0.6 is 0 Å². The first-order valence-electron chi connectivity index (χ1n) is 5.58. The van der Waals surface area contributed by atoms with Crippen molar-refractivity contribution in [2.24, 2.45) is 5.73 Å². The highest BCUT2D eigenvalue weighted by Gasteiger charge is 1.97. The first-order valence-corrected chi connectivity index (χ1v) is 5.58. The minimum Gasteiger partial charge on any atom is -0.370 e. The smallest absolute Gasteiger partial charge is 0.217 e. The van der Waals surface area contributed by atoms with Crippen LogP contribution in [-0.2, 0) is 11.3 Å². The summed E-state index contributed by atoms with van der Waals surface area (Å²) in [5.74, 6) is -0.219. The summed E-state index contributed by atoms with van der Waals surface area (Å²) < 4.78 is 0.